The number of hydrogen-bond donors (Lipinski definition) is 2. The Kier molecular flexibility index (Phi) is 5.70. The van der Waals surface area contributed by atoms with Gasteiger partial charge >= 0.3 is 0 Å². The predicted octanol–water partition coefficient (Wildman–Crippen LogP) is 4.02. The van der Waals surface area contributed by atoms with Crippen LogP contribution in [0.25, 0.3) is 0 Å². The fourth-order valence-corrected chi connectivity index (χ4v) is 2.72. The molecule has 2 heteroatoms. The van der Waals surface area contributed by atoms with Crippen molar-refractivity contribution < 1.29 is 5.11 Å². The van der Waals surface area contributed by atoms with Crippen molar-refractivity contribution in [2.45, 2.75) is 37.7 Å². The van der Waals surface area contributed by atoms with Crippen molar-refractivity contribution in [2.24, 2.45) is 0 Å². The molecule has 0 unspecified atom stereocenters. The fraction of sp³-hybridized carbons (Fsp3) is 0.316. The highest BCUT2D eigenvalue weighted by atomic mass is 16.3. The molecule has 2 rings (SSSR count). The van der Waals surface area contributed by atoms with Crippen molar-refractivity contribution in [3.63, 3.8) is 0 Å². The average Bonchev–Trinajstić information content (AvgIpc) is 2.49. The van der Waals surface area contributed by atoms with E-state index in [0.717, 1.165) is 24.0 Å². The lowest BCUT2D eigenvalue weighted by atomic mass is 9.84. The number of aliphatic hydroxyl groups is 1. The minimum Gasteiger partial charge on any atom is -0.389 e. The van der Waals surface area contributed by atoms with Crippen molar-refractivity contribution >= 4 is 6.21 Å². The maximum Gasteiger partial charge on any atom is 0.0728 e. The standard InChI is InChI=1S/C19H23NO/c20-14-8-7-13-19(21,15-17-9-3-1-4-10-17)16-18-11-5-2-6-12-18/h1-6,9-12,14,20-21H,7-8,13,15-16H2. The normalized spacial score (nSPS) is 11.3. The Morgan fingerprint density at radius 1 is 0.857 bits per heavy atom. The minimum absolute atomic E-state index is 0.654. The number of rotatable bonds is 8. The largest absolute Gasteiger partial charge is 0.389 e. The van der Waals surface area contributed by atoms with Crippen LogP contribution < -0.4 is 0 Å². The van der Waals surface area contributed by atoms with Gasteiger partial charge in [-0.15, -0.1) is 0 Å². The van der Waals surface area contributed by atoms with Crippen molar-refractivity contribution in [1.82, 2.24) is 0 Å². The van der Waals surface area contributed by atoms with Crippen LogP contribution in [0, 0.1) is 5.41 Å². The summed E-state index contributed by atoms with van der Waals surface area (Å²) in [5.41, 5.74) is 1.57. The summed E-state index contributed by atoms with van der Waals surface area (Å²) in [4.78, 5) is 0. The number of hydrogen-bond acceptors (Lipinski definition) is 2. The van der Waals surface area contributed by atoms with E-state index < -0.39 is 5.60 Å². The van der Waals surface area contributed by atoms with Gasteiger partial charge in [0.25, 0.3) is 0 Å². The van der Waals surface area contributed by atoms with Crippen molar-refractivity contribution in [3.05, 3.63) is 71.8 Å². The fourth-order valence-electron chi connectivity index (χ4n) is 2.72. The number of nitrogens with one attached hydrogen (secondary N) is 1. The van der Waals surface area contributed by atoms with E-state index in [1.54, 1.807) is 0 Å². The Labute approximate surface area is 127 Å². The Hall–Kier alpha value is -1.93. The lowest BCUT2D eigenvalue weighted by Crippen LogP contribution is -2.34. The summed E-state index contributed by atoms with van der Waals surface area (Å²) in [6, 6.07) is 20.3. The molecule has 0 amide bonds. The molecule has 110 valence electrons. The molecular weight excluding hydrogens is 258 g/mol. The molecule has 0 atom stereocenters. The topological polar surface area (TPSA) is 44.1 Å². The molecule has 0 radical (unpaired) electrons. The zero-order valence-corrected chi connectivity index (χ0v) is 12.3. The van der Waals surface area contributed by atoms with Crippen LogP contribution in [0.2, 0.25) is 0 Å². The van der Waals surface area contributed by atoms with Crippen molar-refractivity contribution in [2.75, 3.05) is 0 Å². The molecule has 2 aromatic rings. The molecule has 0 bridgehead atoms. The van der Waals surface area contributed by atoms with Gasteiger partial charge in [0.1, 0.15) is 0 Å². The molecule has 0 spiro atoms. The first kappa shape index (κ1) is 15.5. The monoisotopic (exact) mass is 281 g/mol. The summed E-state index contributed by atoms with van der Waals surface area (Å²) >= 11 is 0. The smallest absolute Gasteiger partial charge is 0.0728 e. The summed E-state index contributed by atoms with van der Waals surface area (Å²) in [6.45, 7) is 0. The van der Waals surface area contributed by atoms with Gasteiger partial charge in [-0.05, 0) is 36.6 Å². The molecule has 0 aromatic heterocycles. The summed E-state index contributed by atoms with van der Waals surface area (Å²) in [6.07, 6.45) is 5.02. The zero-order valence-electron chi connectivity index (χ0n) is 12.3. The van der Waals surface area contributed by atoms with Crippen LogP contribution in [0.1, 0.15) is 30.4 Å². The molecule has 0 aliphatic heterocycles. The molecule has 0 heterocycles. The average molecular weight is 281 g/mol. The van der Waals surface area contributed by atoms with E-state index in [1.165, 1.54) is 6.21 Å². The van der Waals surface area contributed by atoms with Crippen molar-refractivity contribution in [1.29, 1.82) is 5.41 Å². The van der Waals surface area contributed by atoms with Crippen LogP contribution in [-0.2, 0) is 12.8 Å². The molecule has 2 nitrogen and oxygen atoms in total. The highest BCUT2D eigenvalue weighted by Crippen LogP contribution is 2.24. The van der Waals surface area contributed by atoms with E-state index in [1.807, 2.05) is 36.4 Å². The van der Waals surface area contributed by atoms with Gasteiger partial charge in [0.2, 0.25) is 0 Å². The molecule has 0 saturated heterocycles. The lowest BCUT2D eigenvalue weighted by Gasteiger charge is -2.28. The van der Waals surface area contributed by atoms with Crippen LogP contribution in [0.4, 0.5) is 0 Å². The van der Waals surface area contributed by atoms with Gasteiger partial charge < -0.3 is 10.5 Å². The quantitative estimate of drug-likeness (QED) is 0.557. The third-order valence-corrected chi connectivity index (χ3v) is 3.74. The van der Waals surface area contributed by atoms with Gasteiger partial charge in [-0.2, -0.15) is 0 Å². The van der Waals surface area contributed by atoms with Crippen LogP contribution in [0.5, 0.6) is 0 Å². The predicted molar refractivity (Wildman–Crippen MR) is 87.9 cm³/mol. The molecule has 21 heavy (non-hydrogen) atoms. The third-order valence-electron chi connectivity index (χ3n) is 3.74. The molecule has 2 aromatic carbocycles. The summed E-state index contributed by atoms with van der Waals surface area (Å²) in [5, 5.41) is 18.2. The minimum atomic E-state index is -0.744. The highest BCUT2D eigenvalue weighted by Gasteiger charge is 2.27. The highest BCUT2D eigenvalue weighted by molar-refractivity contribution is 5.52. The Balaban J connectivity index is 2.11. The van der Waals surface area contributed by atoms with E-state index in [-0.39, 0.29) is 0 Å². The first-order chi connectivity index (χ1) is 10.2. The van der Waals surface area contributed by atoms with Crippen molar-refractivity contribution in [3.8, 4) is 0 Å². The maximum absolute atomic E-state index is 11.1. The summed E-state index contributed by atoms with van der Waals surface area (Å²) in [5.74, 6) is 0. The van der Waals surface area contributed by atoms with E-state index >= 15 is 0 Å². The molecule has 0 saturated carbocycles. The van der Waals surface area contributed by atoms with Gasteiger partial charge in [-0.25, -0.2) is 0 Å². The number of unbranched alkanes of at least 4 members (excludes halogenated alkanes) is 1. The van der Waals surface area contributed by atoms with Crippen LogP contribution in [-0.4, -0.2) is 16.9 Å². The zero-order chi connectivity index (χ0) is 15.0. The second kappa shape index (κ2) is 7.75. The Bertz CT molecular complexity index is 495. The third kappa shape index (κ3) is 5.16. The first-order valence-corrected chi connectivity index (χ1v) is 7.51. The van der Waals surface area contributed by atoms with Gasteiger partial charge in [-0.3, -0.25) is 0 Å². The molecular formula is C19H23NO. The second-order valence-corrected chi connectivity index (χ2v) is 5.65. The second-order valence-electron chi connectivity index (χ2n) is 5.65. The summed E-state index contributed by atoms with van der Waals surface area (Å²) < 4.78 is 0. The van der Waals surface area contributed by atoms with Crippen LogP contribution in [0.15, 0.2) is 60.7 Å². The van der Waals surface area contributed by atoms with E-state index in [9.17, 15) is 5.11 Å². The first-order valence-electron chi connectivity index (χ1n) is 7.51. The maximum atomic E-state index is 11.1. The van der Waals surface area contributed by atoms with Gasteiger partial charge in [0, 0.05) is 12.8 Å². The molecule has 2 N–H and O–H groups in total. The molecule has 0 aliphatic carbocycles. The SMILES string of the molecule is N=CCCCC(O)(Cc1ccccc1)Cc1ccccc1. The van der Waals surface area contributed by atoms with E-state index in [2.05, 4.69) is 24.3 Å². The number of benzene rings is 2. The Morgan fingerprint density at radius 2 is 1.33 bits per heavy atom. The summed E-state index contributed by atoms with van der Waals surface area (Å²) in [7, 11) is 0. The van der Waals surface area contributed by atoms with E-state index in [0.29, 0.717) is 19.3 Å². The van der Waals surface area contributed by atoms with Crippen LogP contribution >= 0.6 is 0 Å². The lowest BCUT2D eigenvalue weighted by molar-refractivity contribution is 0.0305. The molecule has 0 fully saturated rings. The van der Waals surface area contributed by atoms with Crippen LogP contribution in [0.3, 0.4) is 0 Å². The Morgan fingerprint density at radius 3 is 1.76 bits per heavy atom. The van der Waals surface area contributed by atoms with Gasteiger partial charge in [0.15, 0.2) is 0 Å². The van der Waals surface area contributed by atoms with Gasteiger partial charge in [0.05, 0.1) is 5.60 Å². The van der Waals surface area contributed by atoms with Gasteiger partial charge in [-0.1, -0.05) is 60.7 Å². The molecule has 0 aliphatic rings. The van der Waals surface area contributed by atoms with E-state index in [4.69, 9.17) is 5.41 Å².